The minimum Gasteiger partial charge on any atom is -0.486 e. The van der Waals surface area contributed by atoms with E-state index in [0.717, 1.165) is 45.4 Å². The van der Waals surface area contributed by atoms with E-state index in [9.17, 15) is 0 Å². The van der Waals surface area contributed by atoms with Crippen LogP contribution in [0.25, 0.3) is 23.2 Å². The first-order valence-corrected chi connectivity index (χ1v) is 8.15. The van der Waals surface area contributed by atoms with Crippen LogP contribution in [-0.2, 0) is 0 Å². The molecule has 2 aromatic carbocycles. The molecule has 5 heteroatoms. The van der Waals surface area contributed by atoms with Crippen LogP contribution in [0.2, 0.25) is 0 Å². The van der Waals surface area contributed by atoms with Gasteiger partial charge in [0, 0.05) is 35.2 Å². The van der Waals surface area contributed by atoms with Gasteiger partial charge in [0.1, 0.15) is 19.0 Å². The average molecular weight is 329 g/mol. The molecule has 0 aliphatic carbocycles. The second-order valence-electron chi connectivity index (χ2n) is 5.86. The summed E-state index contributed by atoms with van der Waals surface area (Å²) in [6.07, 6.45) is 5.55. The van der Waals surface area contributed by atoms with Crippen molar-refractivity contribution in [1.82, 2.24) is 9.97 Å². The Labute approximate surface area is 144 Å². The molecule has 122 valence electrons. The molecule has 0 saturated carbocycles. The lowest BCUT2D eigenvalue weighted by Gasteiger charge is -2.23. The van der Waals surface area contributed by atoms with E-state index < -0.39 is 0 Å². The summed E-state index contributed by atoms with van der Waals surface area (Å²) >= 11 is 0. The first kappa shape index (κ1) is 14.0. The van der Waals surface area contributed by atoms with Crippen LogP contribution in [-0.4, -0.2) is 23.2 Å². The summed E-state index contributed by atoms with van der Waals surface area (Å²) in [7, 11) is 0. The largest absolute Gasteiger partial charge is 0.486 e. The highest BCUT2D eigenvalue weighted by Gasteiger charge is 2.19. The standard InChI is InChI=1S/C20H15N3O2/c1-2-4-15(20-21-7-8-22-20)14(3-1)16-6-5-13-11-18-19(12-17(13)23-16)25-10-9-24-18/h1-5,7-8,11-12,23H,9-10H2,(H,21,22). The molecule has 0 unspecified atom stereocenters. The minimum absolute atomic E-state index is 0.575. The van der Waals surface area contributed by atoms with Gasteiger partial charge in [0.05, 0.1) is 11.4 Å². The summed E-state index contributed by atoms with van der Waals surface area (Å²) in [6, 6.07) is 12.1. The van der Waals surface area contributed by atoms with Crippen molar-refractivity contribution >= 4 is 17.5 Å². The Balaban J connectivity index is 1.60. The van der Waals surface area contributed by atoms with E-state index in [2.05, 4.69) is 27.1 Å². The first-order chi connectivity index (χ1) is 12.4. The van der Waals surface area contributed by atoms with Gasteiger partial charge in [-0.15, -0.1) is 0 Å². The third-order valence-electron chi connectivity index (χ3n) is 4.30. The van der Waals surface area contributed by atoms with E-state index in [4.69, 9.17) is 9.47 Å². The third-order valence-corrected chi connectivity index (χ3v) is 4.30. The van der Waals surface area contributed by atoms with Gasteiger partial charge in [-0.05, 0) is 12.1 Å². The normalized spacial score (nSPS) is 14.5. The molecule has 0 atom stereocenters. The Hall–Kier alpha value is -3.43. The molecular formula is C20H15N3O2. The number of H-pyrrole nitrogens is 1. The third kappa shape index (κ3) is 2.38. The highest BCUT2D eigenvalue weighted by Crippen LogP contribution is 2.39. The van der Waals surface area contributed by atoms with Crippen molar-refractivity contribution in [3.05, 3.63) is 65.7 Å². The lowest BCUT2D eigenvalue weighted by Crippen LogP contribution is -2.16. The number of ether oxygens (including phenoxy) is 2. The summed E-state index contributed by atoms with van der Waals surface area (Å²) < 4.78 is 11.3. The average Bonchev–Trinajstić information content (AvgIpc) is 3.20. The predicted molar refractivity (Wildman–Crippen MR) is 96.5 cm³/mol. The summed E-state index contributed by atoms with van der Waals surface area (Å²) in [6.45, 7) is 1.16. The maximum atomic E-state index is 5.69. The van der Waals surface area contributed by atoms with E-state index in [1.165, 1.54) is 0 Å². The number of hydrogen-bond acceptors (Lipinski definition) is 4. The van der Waals surface area contributed by atoms with Gasteiger partial charge in [0.2, 0.25) is 0 Å². The van der Waals surface area contributed by atoms with Gasteiger partial charge in [0.25, 0.3) is 0 Å². The molecule has 0 saturated heterocycles. The number of aromatic nitrogens is 2. The number of benzene rings is 2. The van der Waals surface area contributed by atoms with Crippen LogP contribution in [0.1, 0.15) is 11.1 Å². The lowest BCUT2D eigenvalue weighted by atomic mass is 10.0. The molecule has 0 bridgehead atoms. The molecule has 0 fully saturated rings. The van der Waals surface area contributed by atoms with Gasteiger partial charge in [0.15, 0.2) is 11.5 Å². The van der Waals surface area contributed by atoms with Crippen LogP contribution >= 0.6 is 0 Å². The van der Waals surface area contributed by atoms with Crippen molar-refractivity contribution in [2.45, 2.75) is 0 Å². The molecule has 1 aromatic heterocycles. The van der Waals surface area contributed by atoms with Crippen LogP contribution in [0.4, 0.5) is 5.69 Å². The van der Waals surface area contributed by atoms with Crippen LogP contribution < -0.4 is 14.8 Å². The van der Waals surface area contributed by atoms with Crippen molar-refractivity contribution in [2.24, 2.45) is 0 Å². The number of rotatable bonds is 2. The molecule has 0 amide bonds. The molecule has 2 aliphatic heterocycles. The Kier molecular flexibility index (Phi) is 3.12. The van der Waals surface area contributed by atoms with Crippen LogP contribution in [0.15, 0.2) is 54.5 Å². The van der Waals surface area contributed by atoms with E-state index in [1.54, 1.807) is 6.20 Å². The summed E-state index contributed by atoms with van der Waals surface area (Å²) in [5.41, 5.74) is 8.31. The number of aromatic amines is 1. The maximum absolute atomic E-state index is 5.69. The van der Waals surface area contributed by atoms with Gasteiger partial charge in [-0.3, -0.25) is 0 Å². The number of fused-ring (bicyclic) bond motifs is 2. The topological polar surface area (TPSA) is 59.2 Å². The van der Waals surface area contributed by atoms with E-state index >= 15 is 0 Å². The van der Waals surface area contributed by atoms with Gasteiger partial charge >= 0.3 is 0 Å². The summed E-state index contributed by atoms with van der Waals surface area (Å²) in [5, 5.41) is 3.46. The van der Waals surface area contributed by atoms with Crippen molar-refractivity contribution in [1.29, 1.82) is 0 Å². The first-order valence-electron chi connectivity index (χ1n) is 8.15. The molecule has 3 heterocycles. The second-order valence-corrected chi connectivity index (χ2v) is 5.86. The van der Waals surface area contributed by atoms with Crippen molar-refractivity contribution < 1.29 is 9.47 Å². The number of hydrogen-bond donors (Lipinski definition) is 2. The fourth-order valence-electron chi connectivity index (χ4n) is 3.12. The SMILES string of the molecule is C1=Cc2cc3c(cc2NC=1c1ccccc1-c1ncc[nH]1)OCCO3. The van der Waals surface area contributed by atoms with Gasteiger partial charge < -0.3 is 19.8 Å². The Morgan fingerprint density at radius 1 is 1.00 bits per heavy atom. The highest BCUT2D eigenvalue weighted by atomic mass is 16.6. The van der Waals surface area contributed by atoms with Crippen molar-refractivity contribution in [2.75, 3.05) is 18.5 Å². The summed E-state index contributed by atoms with van der Waals surface area (Å²) in [4.78, 5) is 7.54. The number of imidazole rings is 1. The smallest absolute Gasteiger partial charge is 0.163 e. The van der Waals surface area contributed by atoms with Crippen LogP contribution in [0.3, 0.4) is 0 Å². The molecule has 2 N–H and O–H groups in total. The van der Waals surface area contributed by atoms with E-state index in [0.29, 0.717) is 13.2 Å². The van der Waals surface area contributed by atoms with Crippen LogP contribution in [0.5, 0.6) is 11.5 Å². The quantitative estimate of drug-likeness (QED) is 0.700. The maximum Gasteiger partial charge on any atom is 0.163 e. The van der Waals surface area contributed by atoms with Crippen LogP contribution in [0, 0.1) is 0 Å². The highest BCUT2D eigenvalue weighted by molar-refractivity contribution is 5.91. The Morgan fingerprint density at radius 2 is 1.80 bits per heavy atom. The monoisotopic (exact) mass is 329 g/mol. The number of nitrogens with zero attached hydrogens (tertiary/aromatic N) is 1. The number of anilines is 1. The molecule has 5 nitrogen and oxygen atoms in total. The zero-order valence-electron chi connectivity index (χ0n) is 13.4. The fourth-order valence-corrected chi connectivity index (χ4v) is 3.12. The minimum atomic E-state index is 0.575. The van der Waals surface area contributed by atoms with Crippen molar-refractivity contribution in [3.63, 3.8) is 0 Å². The fraction of sp³-hybridized carbons (Fsp3) is 0.100. The molecule has 25 heavy (non-hydrogen) atoms. The van der Waals surface area contributed by atoms with Gasteiger partial charge in [-0.2, -0.15) is 0 Å². The Bertz CT molecular complexity index is 1020. The summed E-state index contributed by atoms with van der Waals surface area (Å²) in [5.74, 6) is 2.38. The van der Waals surface area contributed by atoms with Gasteiger partial charge in [-0.1, -0.05) is 30.0 Å². The van der Waals surface area contributed by atoms with Gasteiger partial charge in [-0.25, -0.2) is 4.98 Å². The lowest BCUT2D eigenvalue weighted by molar-refractivity contribution is 0.171. The van der Waals surface area contributed by atoms with E-state index in [1.807, 2.05) is 42.6 Å². The van der Waals surface area contributed by atoms with E-state index in [-0.39, 0.29) is 0 Å². The number of nitrogens with one attached hydrogen (secondary N) is 2. The Morgan fingerprint density at radius 3 is 2.60 bits per heavy atom. The molecule has 0 spiro atoms. The molecule has 3 aromatic rings. The zero-order chi connectivity index (χ0) is 16.6. The zero-order valence-corrected chi connectivity index (χ0v) is 13.4. The molecular weight excluding hydrogens is 314 g/mol. The van der Waals surface area contributed by atoms with Crippen molar-refractivity contribution in [3.8, 4) is 22.9 Å². The predicted octanol–water partition coefficient (Wildman–Crippen LogP) is 3.93. The molecule has 0 radical (unpaired) electrons. The molecule has 2 aliphatic rings. The molecule has 5 rings (SSSR count). The second kappa shape index (κ2) is 5.58.